The molecule has 0 unspecified atom stereocenters. The summed E-state index contributed by atoms with van der Waals surface area (Å²) in [7, 11) is 0. The minimum atomic E-state index is -1.08. The molecular weight excluding hydrogens is 284 g/mol. The molecule has 0 N–H and O–H groups in total. The van der Waals surface area contributed by atoms with E-state index in [2.05, 4.69) is 52.7 Å². The van der Waals surface area contributed by atoms with Crippen LogP contribution < -0.4 is 0 Å². The number of alkyl halides is 3. The fraction of sp³-hybridized carbons (Fsp3) is 1.00. The van der Waals surface area contributed by atoms with Gasteiger partial charge in [0, 0.05) is 0 Å². The molecule has 0 atom stereocenters. The number of rotatable bonds is 0. The Morgan fingerprint density at radius 3 is 1.50 bits per heavy atom. The molecule has 1 radical (unpaired) electrons. The van der Waals surface area contributed by atoms with Crippen LogP contribution in [0.1, 0.15) is 0 Å². The van der Waals surface area contributed by atoms with Crippen molar-refractivity contribution in [3.63, 3.8) is 0 Å². The van der Waals surface area contributed by atoms with Crippen molar-refractivity contribution in [2.45, 2.75) is 2.33 Å². The van der Waals surface area contributed by atoms with E-state index >= 15 is 0 Å². The summed E-state index contributed by atoms with van der Waals surface area (Å²) in [6.45, 7) is 0. The van der Waals surface area contributed by atoms with E-state index in [0.717, 1.165) is 0 Å². The minimum absolute atomic E-state index is 1.08. The van der Waals surface area contributed by atoms with Crippen LogP contribution in [0.2, 0.25) is 0 Å². The maximum atomic E-state index is 9.31. The van der Waals surface area contributed by atoms with Gasteiger partial charge >= 0.3 is 0 Å². The van der Waals surface area contributed by atoms with Gasteiger partial charge in [-0.25, -0.2) is 0 Å². The maximum absolute atomic E-state index is 9.31. The van der Waals surface area contributed by atoms with E-state index in [4.69, 9.17) is 0 Å². The van der Waals surface area contributed by atoms with Crippen LogP contribution in [0.15, 0.2) is 0 Å². The fourth-order valence-electron chi connectivity index (χ4n) is 0. The quantitative estimate of drug-likeness (QED) is 0.380. The second kappa shape index (κ2) is 2.61. The number of hydrogen-bond acceptors (Lipinski definition) is 1. The predicted octanol–water partition coefficient (Wildman–Crippen LogP) is 2.14. The van der Waals surface area contributed by atoms with Crippen molar-refractivity contribution < 1.29 is 10.1 Å². The number of hydrogen-bond donors (Lipinski definition) is 0. The van der Waals surface area contributed by atoms with Gasteiger partial charge in [0.15, 0.2) is 0 Å². The molecule has 0 saturated heterocycles. The van der Waals surface area contributed by atoms with Crippen LogP contribution in [0.25, 0.3) is 0 Å². The van der Waals surface area contributed by atoms with Gasteiger partial charge in [-0.05, 0) is 53.0 Å². The Morgan fingerprint density at radius 2 is 1.50 bits per heavy atom. The summed E-state index contributed by atoms with van der Waals surface area (Å²) < 4.78 is -1.08. The first-order valence-corrected chi connectivity index (χ1v) is 3.32. The second-order valence-electron chi connectivity index (χ2n) is 0.529. The van der Waals surface area contributed by atoms with Crippen molar-refractivity contribution in [3.8, 4) is 0 Å². The Balaban J connectivity index is 3.17. The van der Waals surface area contributed by atoms with Crippen LogP contribution in [0.3, 0.4) is 0 Å². The van der Waals surface area contributed by atoms with Crippen molar-refractivity contribution in [2.24, 2.45) is 0 Å². The monoisotopic (exact) mass is 281 g/mol. The molecule has 0 rings (SSSR count). The summed E-state index contributed by atoms with van der Waals surface area (Å²) >= 11 is 8.33. The molecule has 0 aromatic heterocycles. The SMILES string of the molecule is [O]OC(Br)(Br)Br. The molecule has 2 nitrogen and oxygen atoms in total. The van der Waals surface area contributed by atoms with Gasteiger partial charge < -0.3 is 0 Å². The summed E-state index contributed by atoms with van der Waals surface area (Å²) in [4.78, 5) is 3.44. The fourth-order valence-corrected chi connectivity index (χ4v) is 0. The molecule has 0 spiro atoms. The molecule has 0 heterocycles. The largest absolute Gasteiger partial charge is 0.268 e. The summed E-state index contributed by atoms with van der Waals surface area (Å²) in [5, 5.41) is 9.31. The molecule has 0 saturated carbocycles. The van der Waals surface area contributed by atoms with Crippen LogP contribution in [-0.4, -0.2) is 2.33 Å². The van der Waals surface area contributed by atoms with Crippen LogP contribution >= 0.6 is 47.8 Å². The molecule has 0 aromatic rings. The van der Waals surface area contributed by atoms with E-state index in [1.807, 2.05) is 0 Å². The third kappa shape index (κ3) is 5.36. The molecular formula is CBr3O2. The summed E-state index contributed by atoms with van der Waals surface area (Å²) in [6.07, 6.45) is 0. The molecule has 0 aliphatic heterocycles. The molecule has 37 valence electrons. The highest BCUT2D eigenvalue weighted by molar-refractivity contribution is 9.39. The highest BCUT2D eigenvalue weighted by Gasteiger charge is 2.17. The molecule has 0 bridgehead atoms. The van der Waals surface area contributed by atoms with Crippen molar-refractivity contribution in [3.05, 3.63) is 0 Å². The van der Waals surface area contributed by atoms with E-state index in [1.165, 1.54) is 0 Å². The highest BCUT2D eigenvalue weighted by Crippen LogP contribution is 2.33. The normalized spacial score (nSPS) is 12.0. The third-order valence-corrected chi connectivity index (χ3v) is 0.491. The van der Waals surface area contributed by atoms with E-state index in [9.17, 15) is 5.26 Å². The molecule has 0 aromatic carbocycles. The van der Waals surface area contributed by atoms with Crippen molar-refractivity contribution >= 4 is 47.8 Å². The van der Waals surface area contributed by atoms with Crippen LogP contribution in [0, 0.1) is 0 Å². The minimum Gasteiger partial charge on any atom is -0.162 e. The average Bonchev–Trinajstić information content (AvgIpc) is 1.35. The van der Waals surface area contributed by atoms with Crippen molar-refractivity contribution in [1.82, 2.24) is 0 Å². The topological polar surface area (TPSA) is 29.1 Å². The zero-order valence-electron chi connectivity index (χ0n) is 2.45. The Bertz CT molecular complexity index is 38.5. The first-order valence-electron chi connectivity index (χ1n) is 0.938. The second-order valence-corrected chi connectivity index (χ2v) is 7.07. The lowest BCUT2D eigenvalue weighted by Crippen LogP contribution is -1.99. The molecule has 0 fully saturated rings. The standard InChI is InChI=1S/CBr3O2/c2-1(3,4)6-5. The van der Waals surface area contributed by atoms with E-state index in [0.29, 0.717) is 0 Å². The molecule has 0 aliphatic carbocycles. The Labute approximate surface area is 60.2 Å². The molecule has 6 heavy (non-hydrogen) atoms. The van der Waals surface area contributed by atoms with E-state index in [-0.39, 0.29) is 0 Å². The Morgan fingerprint density at radius 1 is 1.33 bits per heavy atom. The van der Waals surface area contributed by atoms with Crippen molar-refractivity contribution in [2.75, 3.05) is 0 Å². The smallest absolute Gasteiger partial charge is 0.162 e. The van der Waals surface area contributed by atoms with E-state index < -0.39 is 2.33 Å². The van der Waals surface area contributed by atoms with E-state index in [1.54, 1.807) is 0 Å². The van der Waals surface area contributed by atoms with Gasteiger partial charge in [0.1, 0.15) is 0 Å². The lowest BCUT2D eigenvalue weighted by molar-refractivity contribution is -0.299. The van der Waals surface area contributed by atoms with Gasteiger partial charge in [0.2, 0.25) is 0 Å². The molecule has 0 aliphatic rings. The molecule has 5 heteroatoms. The van der Waals surface area contributed by atoms with Gasteiger partial charge in [0.25, 0.3) is 2.33 Å². The maximum Gasteiger partial charge on any atom is 0.268 e. The molecule has 0 amide bonds. The first-order chi connectivity index (χ1) is 2.56. The highest BCUT2D eigenvalue weighted by atomic mass is 80.0. The summed E-state index contributed by atoms with van der Waals surface area (Å²) in [5.41, 5.74) is 0. The van der Waals surface area contributed by atoms with Gasteiger partial charge in [-0.15, -0.1) is 0 Å². The van der Waals surface area contributed by atoms with Gasteiger partial charge in [-0.3, -0.25) is 0 Å². The van der Waals surface area contributed by atoms with Crippen molar-refractivity contribution in [1.29, 1.82) is 0 Å². The predicted molar refractivity (Wildman–Crippen MR) is 31.3 cm³/mol. The van der Waals surface area contributed by atoms with Gasteiger partial charge in [-0.2, -0.15) is 4.89 Å². The summed E-state index contributed by atoms with van der Waals surface area (Å²) in [6, 6.07) is 0. The first kappa shape index (κ1) is 7.36. The lowest BCUT2D eigenvalue weighted by Gasteiger charge is -2.00. The van der Waals surface area contributed by atoms with Crippen LogP contribution in [-0.2, 0) is 10.1 Å². The zero-order chi connectivity index (χ0) is 5.21. The summed E-state index contributed by atoms with van der Waals surface area (Å²) in [5.74, 6) is 0. The van der Waals surface area contributed by atoms with Crippen LogP contribution in [0.5, 0.6) is 0 Å². The lowest BCUT2D eigenvalue weighted by atomic mass is 11.7. The van der Waals surface area contributed by atoms with Crippen LogP contribution in [0.4, 0.5) is 0 Å². The zero-order valence-corrected chi connectivity index (χ0v) is 7.21. The number of halogens is 3. The Kier molecular flexibility index (Phi) is 3.21. The van der Waals surface area contributed by atoms with Gasteiger partial charge in [0.05, 0.1) is 0 Å². The third-order valence-electron chi connectivity index (χ3n) is 0.0945. The Hall–Kier alpha value is 1.36. The van der Waals surface area contributed by atoms with Gasteiger partial charge in [-0.1, -0.05) is 0 Å². The average molecular weight is 284 g/mol.